The summed E-state index contributed by atoms with van der Waals surface area (Å²) in [5.41, 5.74) is 2.15. The summed E-state index contributed by atoms with van der Waals surface area (Å²) in [7, 11) is 0. The van der Waals surface area contributed by atoms with Crippen molar-refractivity contribution in [3.05, 3.63) is 29.3 Å². The summed E-state index contributed by atoms with van der Waals surface area (Å²) in [5.74, 6) is -0.563. The summed E-state index contributed by atoms with van der Waals surface area (Å²) in [6.45, 7) is 2.75. The topological polar surface area (TPSA) is 69.6 Å². The van der Waals surface area contributed by atoms with E-state index in [1.165, 1.54) is 50.5 Å². The fraction of sp³-hybridized carbons (Fsp3) is 0.632. The first-order chi connectivity index (χ1) is 11.1. The maximum Gasteiger partial charge on any atom is 0.317 e. The summed E-state index contributed by atoms with van der Waals surface area (Å²) >= 11 is 0. The van der Waals surface area contributed by atoms with E-state index in [2.05, 4.69) is 18.3 Å². The van der Waals surface area contributed by atoms with E-state index in [0.717, 1.165) is 12.0 Å². The number of benzene rings is 1. The average Bonchev–Trinajstić information content (AvgIpc) is 2.53. The van der Waals surface area contributed by atoms with Crippen LogP contribution in [0.15, 0.2) is 18.2 Å². The maximum atomic E-state index is 10.4. The Hall–Kier alpha value is -1.55. The van der Waals surface area contributed by atoms with Crippen LogP contribution in [0, 0.1) is 0 Å². The number of nitrogens with one attached hydrogen (secondary N) is 1. The number of rotatable bonds is 13. The highest BCUT2D eigenvalue weighted by atomic mass is 16.4. The number of phenolic OH excluding ortho intramolecular Hbond substituents is 1. The van der Waals surface area contributed by atoms with Gasteiger partial charge in [0, 0.05) is 0 Å². The minimum atomic E-state index is -0.859. The number of aliphatic carboxylic acids is 1. The number of unbranched alkanes of at least 4 members (excludes halogenated alkanes) is 6. The third kappa shape index (κ3) is 9.24. The lowest BCUT2D eigenvalue weighted by Crippen LogP contribution is -2.24. The molecular weight excluding hydrogens is 290 g/mol. The number of carboxylic acid groups (broad SMARTS) is 1. The number of hydrogen-bond donors (Lipinski definition) is 3. The molecule has 130 valence electrons. The van der Waals surface area contributed by atoms with Gasteiger partial charge in [-0.05, 0) is 43.0 Å². The Labute approximate surface area is 139 Å². The van der Waals surface area contributed by atoms with E-state index >= 15 is 0 Å². The van der Waals surface area contributed by atoms with Crippen LogP contribution in [0.4, 0.5) is 0 Å². The number of carbonyl (C=O) groups is 1. The molecule has 0 spiro atoms. The first-order valence-electron chi connectivity index (χ1n) is 8.86. The Bertz CT molecular complexity index is 460. The smallest absolute Gasteiger partial charge is 0.317 e. The molecule has 1 aromatic rings. The Morgan fingerprint density at radius 3 is 2.43 bits per heavy atom. The molecule has 1 rings (SSSR count). The van der Waals surface area contributed by atoms with Gasteiger partial charge in [-0.15, -0.1) is 0 Å². The lowest BCUT2D eigenvalue weighted by atomic mass is 10.0. The minimum Gasteiger partial charge on any atom is -0.508 e. The first-order valence-corrected chi connectivity index (χ1v) is 8.86. The van der Waals surface area contributed by atoms with Crippen molar-refractivity contribution in [1.29, 1.82) is 0 Å². The number of phenols is 1. The van der Waals surface area contributed by atoms with Gasteiger partial charge in [0.15, 0.2) is 0 Å². The van der Waals surface area contributed by atoms with Gasteiger partial charge in [-0.1, -0.05) is 57.6 Å². The Balaban J connectivity index is 2.28. The van der Waals surface area contributed by atoms with Gasteiger partial charge < -0.3 is 15.5 Å². The van der Waals surface area contributed by atoms with Gasteiger partial charge in [0.2, 0.25) is 0 Å². The molecule has 0 heterocycles. The third-order valence-corrected chi connectivity index (χ3v) is 4.06. The van der Waals surface area contributed by atoms with Crippen molar-refractivity contribution in [2.24, 2.45) is 0 Å². The molecule has 4 nitrogen and oxygen atoms in total. The van der Waals surface area contributed by atoms with Crippen molar-refractivity contribution in [1.82, 2.24) is 5.32 Å². The molecule has 0 atom stereocenters. The number of hydrogen-bond acceptors (Lipinski definition) is 3. The van der Waals surface area contributed by atoms with Crippen LogP contribution in [0.3, 0.4) is 0 Å². The predicted molar refractivity (Wildman–Crippen MR) is 94.0 cm³/mol. The van der Waals surface area contributed by atoms with Crippen LogP contribution in [0.5, 0.6) is 5.75 Å². The van der Waals surface area contributed by atoms with E-state index in [1.54, 1.807) is 6.07 Å². The molecule has 0 unspecified atom stereocenters. The van der Waals surface area contributed by atoms with E-state index < -0.39 is 5.97 Å². The van der Waals surface area contributed by atoms with Crippen LogP contribution in [-0.4, -0.2) is 29.3 Å². The second-order valence-electron chi connectivity index (χ2n) is 6.15. The molecular formula is C19H31NO3. The summed E-state index contributed by atoms with van der Waals surface area (Å²) in [4.78, 5) is 10.4. The second kappa shape index (κ2) is 11.9. The summed E-state index contributed by atoms with van der Waals surface area (Å²) in [6.07, 6.45) is 10.8. The van der Waals surface area contributed by atoms with Gasteiger partial charge >= 0.3 is 5.97 Å². The predicted octanol–water partition coefficient (Wildman–Crippen LogP) is 3.90. The molecule has 3 N–H and O–H groups in total. The zero-order chi connectivity index (χ0) is 16.9. The molecule has 0 aromatic heterocycles. The monoisotopic (exact) mass is 321 g/mol. The fourth-order valence-corrected chi connectivity index (χ4v) is 2.70. The highest BCUT2D eigenvalue weighted by Crippen LogP contribution is 2.20. The van der Waals surface area contributed by atoms with Crippen molar-refractivity contribution in [2.75, 3.05) is 13.1 Å². The summed E-state index contributed by atoms with van der Waals surface area (Å²) in [5, 5.41) is 21.3. The maximum absolute atomic E-state index is 10.4. The van der Waals surface area contributed by atoms with Crippen LogP contribution >= 0.6 is 0 Å². The summed E-state index contributed by atoms with van der Waals surface area (Å²) in [6, 6.07) is 5.79. The van der Waals surface area contributed by atoms with Gasteiger partial charge in [-0.3, -0.25) is 4.79 Å². The average molecular weight is 321 g/mol. The number of carboxylic acids is 1. The van der Waals surface area contributed by atoms with Crippen LogP contribution < -0.4 is 5.32 Å². The van der Waals surface area contributed by atoms with Crippen LogP contribution in [0.2, 0.25) is 0 Å². The fourth-order valence-electron chi connectivity index (χ4n) is 2.70. The van der Waals surface area contributed by atoms with Gasteiger partial charge in [0.25, 0.3) is 0 Å². The first kappa shape index (κ1) is 19.5. The normalized spacial score (nSPS) is 10.8. The Morgan fingerprint density at radius 2 is 1.74 bits per heavy atom. The molecule has 0 saturated heterocycles. The molecule has 4 heteroatoms. The number of aryl methyl sites for hydroxylation is 1. The highest BCUT2D eigenvalue weighted by molar-refractivity contribution is 5.68. The molecule has 0 amide bonds. The van der Waals surface area contributed by atoms with Crippen LogP contribution in [0.25, 0.3) is 0 Å². The van der Waals surface area contributed by atoms with Gasteiger partial charge in [0.1, 0.15) is 5.75 Å². The van der Waals surface area contributed by atoms with Gasteiger partial charge in [-0.2, -0.15) is 0 Å². The molecule has 0 aliphatic heterocycles. The Morgan fingerprint density at radius 1 is 1.04 bits per heavy atom. The van der Waals surface area contributed by atoms with E-state index in [1.807, 2.05) is 6.07 Å². The molecule has 1 aromatic carbocycles. The quantitative estimate of drug-likeness (QED) is 0.482. The van der Waals surface area contributed by atoms with E-state index in [4.69, 9.17) is 5.11 Å². The van der Waals surface area contributed by atoms with Crippen molar-refractivity contribution >= 4 is 5.97 Å². The SMILES string of the molecule is CCCCCCCCCc1ccc(O)c(CCNCC(=O)O)c1. The van der Waals surface area contributed by atoms with Crippen LogP contribution in [0.1, 0.15) is 63.0 Å². The molecule has 0 fully saturated rings. The summed E-state index contributed by atoms with van der Waals surface area (Å²) < 4.78 is 0. The molecule has 0 aliphatic rings. The van der Waals surface area contributed by atoms with Crippen molar-refractivity contribution in [2.45, 2.75) is 64.7 Å². The highest BCUT2D eigenvalue weighted by Gasteiger charge is 2.04. The zero-order valence-electron chi connectivity index (χ0n) is 14.3. The zero-order valence-corrected chi connectivity index (χ0v) is 14.3. The van der Waals surface area contributed by atoms with Crippen molar-refractivity contribution in [3.8, 4) is 5.75 Å². The van der Waals surface area contributed by atoms with E-state index in [-0.39, 0.29) is 6.54 Å². The second-order valence-corrected chi connectivity index (χ2v) is 6.15. The molecule has 0 aliphatic carbocycles. The van der Waals surface area contributed by atoms with E-state index in [9.17, 15) is 9.90 Å². The van der Waals surface area contributed by atoms with Crippen LogP contribution in [-0.2, 0) is 17.6 Å². The minimum absolute atomic E-state index is 0.0432. The molecule has 0 saturated carbocycles. The van der Waals surface area contributed by atoms with Crippen molar-refractivity contribution < 1.29 is 15.0 Å². The largest absolute Gasteiger partial charge is 0.508 e. The molecule has 0 radical (unpaired) electrons. The Kier molecular flexibility index (Phi) is 10.1. The number of aromatic hydroxyl groups is 1. The molecule has 0 bridgehead atoms. The van der Waals surface area contributed by atoms with Gasteiger partial charge in [-0.25, -0.2) is 0 Å². The van der Waals surface area contributed by atoms with E-state index in [0.29, 0.717) is 18.7 Å². The lowest BCUT2D eigenvalue weighted by Gasteiger charge is -2.08. The lowest BCUT2D eigenvalue weighted by molar-refractivity contribution is -0.135. The standard InChI is InChI=1S/C19H31NO3/c1-2-3-4-5-6-7-8-9-16-10-11-18(21)17(14-16)12-13-20-15-19(22)23/h10-11,14,20-21H,2-9,12-13,15H2,1H3,(H,22,23). The van der Waals surface area contributed by atoms with Gasteiger partial charge in [0.05, 0.1) is 6.54 Å². The third-order valence-electron chi connectivity index (χ3n) is 4.06. The molecule has 23 heavy (non-hydrogen) atoms. The van der Waals surface area contributed by atoms with Crippen molar-refractivity contribution in [3.63, 3.8) is 0 Å².